The number of nitrogens with two attached hydrogens (primary N) is 1. The summed E-state index contributed by atoms with van der Waals surface area (Å²) in [5, 5.41) is 4.29. The fourth-order valence-electron chi connectivity index (χ4n) is 2.97. The largest absolute Gasteiger partial charge is 0.398 e. The smallest absolute Gasteiger partial charge is 0.254 e. The highest BCUT2D eigenvalue weighted by atomic mass is 15.4. The van der Waals surface area contributed by atoms with E-state index in [2.05, 4.69) is 32.1 Å². The zero-order valence-corrected chi connectivity index (χ0v) is 11.8. The van der Waals surface area contributed by atoms with E-state index < -0.39 is 0 Å². The molecule has 0 atom stereocenters. The van der Waals surface area contributed by atoms with Crippen LogP contribution in [0.15, 0.2) is 30.6 Å². The summed E-state index contributed by atoms with van der Waals surface area (Å²) in [6.07, 6.45) is 2.49. The van der Waals surface area contributed by atoms with Gasteiger partial charge in [-0.3, -0.25) is 0 Å². The molecule has 1 aromatic carbocycles. The molecule has 0 unspecified atom stereocenters. The van der Waals surface area contributed by atoms with E-state index in [9.17, 15) is 0 Å². The van der Waals surface area contributed by atoms with Crippen LogP contribution in [0.25, 0.3) is 5.78 Å². The summed E-state index contributed by atoms with van der Waals surface area (Å²) in [6, 6.07) is 8.19. The van der Waals surface area contributed by atoms with Crippen LogP contribution in [-0.4, -0.2) is 26.1 Å². The molecule has 0 bridgehead atoms. The minimum Gasteiger partial charge on any atom is -0.398 e. The maximum absolute atomic E-state index is 6.07. The van der Waals surface area contributed by atoms with Crippen molar-refractivity contribution in [1.29, 1.82) is 0 Å². The molecule has 3 aromatic rings. The molecule has 1 aliphatic rings. The summed E-state index contributed by atoms with van der Waals surface area (Å²) in [5.41, 5.74) is 10.5. The number of rotatable bonds is 1. The lowest BCUT2D eigenvalue weighted by molar-refractivity contribution is 0.703. The van der Waals surface area contributed by atoms with Gasteiger partial charge in [-0.2, -0.15) is 14.6 Å². The number of aromatic nitrogens is 4. The molecular weight excluding hydrogens is 264 g/mol. The Morgan fingerprint density at radius 3 is 3.10 bits per heavy atom. The van der Waals surface area contributed by atoms with Crippen LogP contribution in [0.2, 0.25) is 0 Å². The minimum atomic E-state index is 0.642. The molecule has 0 saturated heterocycles. The van der Waals surface area contributed by atoms with Gasteiger partial charge in [-0.25, -0.2) is 4.98 Å². The van der Waals surface area contributed by atoms with E-state index in [-0.39, 0.29) is 0 Å². The van der Waals surface area contributed by atoms with Gasteiger partial charge in [0.2, 0.25) is 0 Å². The van der Waals surface area contributed by atoms with Gasteiger partial charge in [0.05, 0.1) is 0 Å². The van der Waals surface area contributed by atoms with Crippen LogP contribution in [0.1, 0.15) is 16.8 Å². The van der Waals surface area contributed by atoms with Crippen molar-refractivity contribution in [2.45, 2.75) is 19.9 Å². The summed E-state index contributed by atoms with van der Waals surface area (Å²) in [7, 11) is 0. The van der Waals surface area contributed by atoms with E-state index in [4.69, 9.17) is 5.73 Å². The van der Waals surface area contributed by atoms with Crippen molar-refractivity contribution >= 4 is 17.3 Å². The number of hydrogen-bond donors (Lipinski definition) is 1. The highest BCUT2D eigenvalue weighted by molar-refractivity contribution is 5.56. The molecule has 0 amide bonds. The first kappa shape index (κ1) is 12.1. The highest BCUT2D eigenvalue weighted by Gasteiger charge is 2.20. The van der Waals surface area contributed by atoms with Gasteiger partial charge >= 0.3 is 0 Å². The molecule has 6 nitrogen and oxygen atoms in total. The van der Waals surface area contributed by atoms with Gasteiger partial charge < -0.3 is 10.6 Å². The maximum Gasteiger partial charge on any atom is 0.254 e. The Bertz CT molecular complexity index is 822. The Kier molecular flexibility index (Phi) is 2.57. The monoisotopic (exact) mass is 280 g/mol. The lowest BCUT2D eigenvalue weighted by Crippen LogP contribution is -2.32. The summed E-state index contributed by atoms with van der Waals surface area (Å²) >= 11 is 0. The van der Waals surface area contributed by atoms with Crippen LogP contribution in [0.4, 0.5) is 11.5 Å². The molecule has 4 rings (SSSR count). The fourth-order valence-corrected chi connectivity index (χ4v) is 2.97. The first-order valence-corrected chi connectivity index (χ1v) is 7.01. The lowest BCUT2D eigenvalue weighted by Gasteiger charge is -2.31. The Balaban J connectivity index is 1.79. The minimum absolute atomic E-state index is 0.642. The molecule has 0 saturated carbocycles. The van der Waals surface area contributed by atoms with Crippen molar-refractivity contribution < 1.29 is 0 Å². The van der Waals surface area contributed by atoms with Crippen molar-refractivity contribution in [1.82, 2.24) is 19.6 Å². The van der Waals surface area contributed by atoms with Gasteiger partial charge in [0.25, 0.3) is 5.78 Å². The van der Waals surface area contributed by atoms with Gasteiger partial charge in [-0.05, 0) is 30.5 Å². The topological polar surface area (TPSA) is 72.3 Å². The maximum atomic E-state index is 6.07. The molecule has 2 N–H and O–H groups in total. The van der Waals surface area contributed by atoms with E-state index in [1.165, 1.54) is 11.1 Å². The molecule has 106 valence electrons. The van der Waals surface area contributed by atoms with E-state index in [1.54, 1.807) is 10.8 Å². The predicted octanol–water partition coefficient (Wildman–Crippen LogP) is 1.58. The molecule has 0 aliphatic carbocycles. The number of benzene rings is 1. The van der Waals surface area contributed by atoms with E-state index in [1.807, 2.05) is 19.1 Å². The van der Waals surface area contributed by atoms with Crippen molar-refractivity contribution in [3.8, 4) is 0 Å². The Morgan fingerprint density at radius 1 is 1.29 bits per heavy atom. The molecule has 2 aromatic heterocycles. The predicted molar refractivity (Wildman–Crippen MR) is 81.1 cm³/mol. The average molecular weight is 280 g/mol. The molecule has 0 fully saturated rings. The van der Waals surface area contributed by atoms with E-state index >= 15 is 0 Å². The first-order chi connectivity index (χ1) is 10.2. The third-order valence-corrected chi connectivity index (χ3v) is 3.99. The van der Waals surface area contributed by atoms with Gasteiger partial charge in [-0.15, -0.1) is 0 Å². The van der Waals surface area contributed by atoms with Crippen molar-refractivity contribution in [2.24, 2.45) is 0 Å². The van der Waals surface area contributed by atoms with Crippen LogP contribution in [-0.2, 0) is 13.0 Å². The Morgan fingerprint density at radius 2 is 2.19 bits per heavy atom. The van der Waals surface area contributed by atoms with Gasteiger partial charge in [-0.1, -0.05) is 12.1 Å². The molecule has 0 spiro atoms. The summed E-state index contributed by atoms with van der Waals surface area (Å²) in [5.74, 6) is 1.67. The second-order valence-electron chi connectivity index (χ2n) is 5.38. The standard InChI is InChI=1S/C15H16N6/c1-10-7-14(21-15(19-10)17-9-18-21)20-6-5-12-11(8-20)3-2-4-13(12)16/h2-4,7,9H,5-6,8,16H2,1H3. The summed E-state index contributed by atoms with van der Waals surface area (Å²) in [4.78, 5) is 10.9. The van der Waals surface area contributed by atoms with Crippen molar-refractivity contribution in [2.75, 3.05) is 17.2 Å². The zero-order chi connectivity index (χ0) is 14.4. The van der Waals surface area contributed by atoms with E-state index in [0.29, 0.717) is 5.78 Å². The van der Waals surface area contributed by atoms with Gasteiger partial charge in [0.1, 0.15) is 12.1 Å². The highest BCUT2D eigenvalue weighted by Crippen LogP contribution is 2.27. The Hall–Kier alpha value is -2.63. The van der Waals surface area contributed by atoms with Crippen LogP contribution in [0.3, 0.4) is 0 Å². The number of nitrogen functional groups attached to an aromatic ring is 1. The first-order valence-electron chi connectivity index (χ1n) is 7.01. The number of fused-ring (bicyclic) bond motifs is 2. The van der Waals surface area contributed by atoms with Crippen LogP contribution >= 0.6 is 0 Å². The number of hydrogen-bond acceptors (Lipinski definition) is 5. The van der Waals surface area contributed by atoms with Gasteiger partial charge in [0.15, 0.2) is 0 Å². The fraction of sp³-hybridized carbons (Fsp3) is 0.267. The molecular formula is C15H16N6. The summed E-state index contributed by atoms with van der Waals surface area (Å²) in [6.45, 7) is 3.73. The SMILES string of the molecule is Cc1cc(N2CCc3c(N)cccc3C2)n2ncnc2n1. The van der Waals surface area contributed by atoms with Crippen LogP contribution in [0, 0.1) is 6.92 Å². The molecule has 21 heavy (non-hydrogen) atoms. The van der Waals surface area contributed by atoms with Crippen molar-refractivity contribution in [3.05, 3.63) is 47.4 Å². The van der Waals surface area contributed by atoms with Gasteiger partial charge in [0, 0.05) is 30.5 Å². The molecule has 0 radical (unpaired) electrons. The van der Waals surface area contributed by atoms with Crippen LogP contribution < -0.4 is 10.6 Å². The second-order valence-corrected chi connectivity index (χ2v) is 5.38. The normalized spacial score (nSPS) is 14.4. The number of nitrogens with zero attached hydrogens (tertiary/aromatic N) is 5. The second kappa shape index (κ2) is 4.44. The molecule has 3 heterocycles. The van der Waals surface area contributed by atoms with Crippen molar-refractivity contribution in [3.63, 3.8) is 0 Å². The quantitative estimate of drug-likeness (QED) is 0.685. The number of anilines is 2. The summed E-state index contributed by atoms with van der Waals surface area (Å²) < 4.78 is 1.80. The third-order valence-electron chi connectivity index (χ3n) is 3.99. The third kappa shape index (κ3) is 1.91. The molecule has 6 heteroatoms. The molecule has 1 aliphatic heterocycles. The zero-order valence-electron chi connectivity index (χ0n) is 11.8. The Labute approximate surface area is 122 Å². The lowest BCUT2D eigenvalue weighted by atomic mass is 9.98. The van der Waals surface area contributed by atoms with Crippen LogP contribution in [0.5, 0.6) is 0 Å². The van der Waals surface area contributed by atoms with E-state index in [0.717, 1.165) is 36.7 Å². The number of aryl methyl sites for hydroxylation is 1. The average Bonchev–Trinajstić information content (AvgIpc) is 2.94.